The molecule has 0 radical (unpaired) electrons. The smallest absolute Gasteiger partial charge is 0.251 e. The molecule has 7 nitrogen and oxygen atoms in total. The fourth-order valence-corrected chi connectivity index (χ4v) is 2.82. The van der Waals surface area contributed by atoms with Gasteiger partial charge in [0.05, 0.1) is 18.1 Å². The monoisotopic (exact) mass is 316 g/mol. The van der Waals surface area contributed by atoms with E-state index in [1.165, 1.54) is 6.92 Å². The number of hydrogen-bond acceptors (Lipinski definition) is 4. The number of rotatable bonds is 3. The van der Waals surface area contributed by atoms with Crippen molar-refractivity contribution in [2.75, 3.05) is 26.2 Å². The topological polar surface area (TPSA) is 89.5 Å². The van der Waals surface area contributed by atoms with Crippen molar-refractivity contribution in [2.24, 2.45) is 0 Å². The summed E-state index contributed by atoms with van der Waals surface area (Å²) in [5.41, 5.74) is 1.86. The maximum atomic E-state index is 12.4. The van der Waals surface area contributed by atoms with Crippen molar-refractivity contribution < 1.29 is 14.7 Å². The van der Waals surface area contributed by atoms with Crippen molar-refractivity contribution in [1.82, 2.24) is 20.0 Å². The Hall–Kier alpha value is -2.41. The van der Waals surface area contributed by atoms with Gasteiger partial charge in [-0.2, -0.15) is 5.10 Å². The van der Waals surface area contributed by atoms with Crippen molar-refractivity contribution in [3.8, 4) is 0 Å². The lowest BCUT2D eigenvalue weighted by atomic mass is 10.1. The molecule has 1 aromatic carbocycles. The van der Waals surface area contributed by atoms with Gasteiger partial charge >= 0.3 is 0 Å². The van der Waals surface area contributed by atoms with E-state index in [4.69, 9.17) is 0 Å². The number of nitrogens with zero attached hydrogens (tertiary/aromatic N) is 3. The molecule has 1 fully saturated rings. The zero-order chi connectivity index (χ0) is 16.4. The van der Waals surface area contributed by atoms with E-state index in [0.29, 0.717) is 32.6 Å². The maximum Gasteiger partial charge on any atom is 0.251 e. The Labute approximate surface area is 133 Å². The van der Waals surface area contributed by atoms with Crippen LogP contribution < -0.4 is 0 Å². The highest BCUT2D eigenvalue weighted by Crippen LogP contribution is 2.14. The molecule has 2 N–H and O–H groups in total. The summed E-state index contributed by atoms with van der Waals surface area (Å²) < 4.78 is 0. The first-order chi connectivity index (χ1) is 11.0. The Balaban J connectivity index is 1.58. The normalized spacial score (nSPS) is 16.6. The molecule has 1 unspecified atom stereocenters. The molecule has 23 heavy (non-hydrogen) atoms. The van der Waals surface area contributed by atoms with Gasteiger partial charge in [0.25, 0.3) is 5.91 Å². The van der Waals surface area contributed by atoms with Crippen LogP contribution in [0.4, 0.5) is 0 Å². The highest BCUT2D eigenvalue weighted by molar-refractivity contribution is 5.83. The van der Waals surface area contributed by atoms with Crippen LogP contribution in [0.3, 0.4) is 0 Å². The van der Waals surface area contributed by atoms with E-state index < -0.39 is 6.10 Å². The van der Waals surface area contributed by atoms with Crippen LogP contribution in [0.2, 0.25) is 0 Å². The Morgan fingerprint density at radius 3 is 2.65 bits per heavy atom. The van der Waals surface area contributed by atoms with E-state index >= 15 is 0 Å². The number of nitrogens with one attached hydrogen (secondary N) is 1. The number of aliphatic hydroxyl groups excluding tert-OH is 1. The zero-order valence-electron chi connectivity index (χ0n) is 13.0. The van der Waals surface area contributed by atoms with E-state index in [0.717, 1.165) is 16.5 Å². The second kappa shape index (κ2) is 6.37. The van der Waals surface area contributed by atoms with Gasteiger partial charge in [-0.1, -0.05) is 12.1 Å². The first-order valence-corrected chi connectivity index (χ1v) is 7.71. The zero-order valence-corrected chi connectivity index (χ0v) is 13.0. The number of hydrogen-bond donors (Lipinski definition) is 2. The number of carbonyl (C=O) groups excluding carboxylic acids is 2. The van der Waals surface area contributed by atoms with E-state index in [-0.39, 0.29) is 11.8 Å². The Morgan fingerprint density at radius 1 is 1.26 bits per heavy atom. The number of piperazine rings is 1. The number of fused-ring (bicyclic) bond motifs is 1. The number of aromatic amines is 1. The van der Waals surface area contributed by atoms with Crippen LogP contribution in [-0.4, -0.2) is 69.2 Å². The van der Waals surface area contributed by atoms with Crippen LogP contribution >= 0.6 is 0 Å². The van der Waals surface area contributed by atoms with Gasteiger partial charge < -0.3 is 14.9 Å². The van der Waals surface area contributed by atoms with E-state index in [9.17, 15) is 14.7 Å². The molecule has 122 valence electrons. The van der Waals surface area contributed by atoms with Crippen molar-refractivity contribution >= 4 is 22.7 Å². The summed E-state index contributed by atoms with van der Waals surface area (Å²) in [4.78, 5) is 27.5. The van der Waals surface area contributed by atoms with Crippen LogP contribution in [-0.2, 0) is 16.0 Å². The average Bonchev–Trinajstić information content (AvgIpc) is 3.01. The number of benzene rings is 1. The predicted molar refractivity (Wildman–Crippen MR) is 84.6 cm³/mol. The highest BCUT2D eigenvalue weighted by Gasteiger charge is 2.25. The third kappa shape index (κ3) is 3.34. The van der Waals surface area contributed by atoms with E-state index in [1.54, 1.807) is 16.0 Å². The maximum absolute atomic E-state index is 12.4. The minimum absolute atomic E-state index is 0.0491. The number of aromatic nitrogens is 2. The summed E-state index contributed by atoms with van der Waals surface area (Å²) >= 11 is 0. The van der Waals surface area contributed by atoms with Crippen LogP contribution in [0.1, 0.15) is 12.5 Å². The first kappa shape index (κ1) is 15.5. The number of aliphatic hydroxyl groups is 1. The summed E-state index contributed by atoms with van der Waals surface area (Å²) in [6.45, 7) is 3.41. The van der Waals surface area contributed by atoms with E-state index in [2.05, 4.69) is 10.2 Å². The standard InChI is InChI=1S/C16H20N4O3/c1-11(21)16(23)20-6-4-19(5-7-20)15(22)9-12-2-3-13-10-17-18-14(13)8-12/h2-3,8,10-11,21H,4-7,9H2,1H3,(H,17,18). The largest absolute Gasteiger partial charge is 0.384 e. The number of carbonyl (C=O) groups is 2. The van der Waals surface area contributed by atoms with Gasteiger partial charge in [0.2, 0.25) is 5.91 Å². The summed E-state index contributed by atoms with van der Waals surface area (Å²) in [6.07, 6.45) is 1.09. The first-order valence-electron chi connectivity index (χ1n) is 7.71. The number of amides is 2. The van der Waals surface area contributed by atoms with Crippen molar-refractivity contribution in [2.45, 2.75) is 19.4 Å². The molecule has 0 aliphatic carbocycles. The van der Waals surface area contributed by atoms with Gasteiger partial charge in [-0.05, 0) is 18.6 Å². The molecule has 0 spiro atoms. The Morgan fingerprint density at radius 2 is 1.96 bits per heavy atom. The predicted octanol–water partition coefficient (Wildman–Crippen LogP) is 0.157. The van der Waals surface area contributed by atoms with Gasteiger partial charge in [0.15, 0.2) is 0 Å². The van der Waals surface area contributed by atoms with Crippen molar-refractivity contribution in [3.63, 3.8) is 0 Å². The molecule has 2 amide bonds. The second-order valence-electron chi connectivity index (χ2n) is 5.85. The lowest BCUT2D eigenvalue weighted by molar-refractivity contribution is -0.144. The van der Waals surface area contributed by atoms with Gasteiger partial charge in [-0.15, -0.1) is 0 Å². The quantitative estimate of drug-likeness (QED) is 0.844. The summed E-state index contributed by atoms with van der Waals surface area (Å²) in [5.74, 6) is -0.227. The minimum atomic E-state index is -0.988. The average molecular weight is 316 g/mol. The van der Waals surface area contributed by atoms with Crippen LogP contribution in [0.5, 0.6) is 0 Å². The molecule has 0 saturated carbocycles. The van der Waals surface area contributed by atoms with Crippen molar-refractivity contribution in [1.29, 1.82) is 0 Å². The molecule has 3 rings (SSSR count). The summed E-state index contributed by atoms with van der Waals surface area (Å²) in [5, 5.41) is 17.2. The lowest BCUT2D eigenvalue weighted by Gasteiger charge is -2.35. The van der Waals surface area contributed by atoms with Gasteiger partial charge in [-0.25, -0.2) is 0 Å². The third-order valence-electron chi connectivity index (χ3n) is 4.16. The fraction of sp³-hybridized carbons (Fsp3) is 0.438. The molecule has 7 heteroatoms. The molecule has 0 bridgehead atoms. The minimum Gasteiger partial charge on any atom is -0.384 e. The molecule has 1 atom stereocenters. The van der Waals surface area contributed by atoms with Crippen LogP contribution in [0.15, 0.2) is 24.4 Å². The SMILES string of the molecule is CC(O)C(=O)N1CCN(C(=O)Cc2ccc3cn[nH]c3c2)CC1. The molecular formula is C16H20N4O3. The van der Waals surface area contributed by atoms with Crippen LogP contribution in [0.25, 0.3) is 10.9 Å². The molecular weight excluding hydrogens is 296 g/mol. The summed E-state index contributed by atoms with van der Waals surface area (Å²) in [6, 6.07) is 5.82. The third-order valence-corrected chi connectivity index (χ3v) is 4.16. The molecule has 1 aliphatic rings. The van der Waals surface area contributed by atoms with Gasteiger partial charge in [0.1, 0.15) is 6.10 Å². The Kier molecular flexibility index (Phi) is 4.29. The fourth-order valence-electron chi connectivity index (χ4n) is 2.82. The molecule has 2 heterocycles. The molecule has 1 aromatic heterocycles. The second-order valence-corrected chi connectivity index (χ2v) is 5.85. The van der Waals surface area contributed by atoms with Crippen LogP contribution in [0, 0.1) is 0 Å². The highest BCUT2D eigenvalue weighted by atomic mass is 16.3. The lowest BCUT2D eigenvalue weighted by Crippen LogP contribution is -2.52. The van der Waals surface area contributed by atoms with E-state index in [1.807, 2.05) is 18.2 Å². The summed E-state index contributed by atoms with van der Waals surface area (Å²) in [7, 11) is 0. The van der Waals surface area contributed by atoms with Crippen molar-refractivity contribution in [3.05, 3.63) is 30.0 Å². The number of H-pyrrole nitrogens is 1. The Bertz CT molecular complexity index is 717. The van der Waals surface area contributed by atoms with Gasteiger partial charge in [-0.3, -0.25) is 14.7 Å². The molecule has 1 aliphatic heterocycles. The molecule has 1 saturated heterocycles. The van der Waals surface area contributed by atoms with Gasteiger partial charge in [0, 0.05) is 31.6 Å². The molecule has 2 aromatic rings.